The van der Waals surface area contributed by atoms with Crippen LogP contribution in [-0.4, -0.2) is 30.5 Å². The van der Waals surface area contributed by atoms with Crippen LogP contribution >= 0.6 is 23.2 Å². The maximum atomic E-state index is 13.4. The van der Waals surface area contributed by atoms with Gasteiger partial charge in [0.15, 0.2) is 0 Å². The van der Waals surface area contributed by atoms with Crippen molar-refractivity contribution in [2.75, 3.05) is 5.32 Å². The Morgan fingerprint density at radius 2 is 1.63 bits per heavy atom. The molecule has 5 aromatic rings. The highest BCUT2D eigenvalue weighted by Crippen LogP contribution is 2.28. The summed E-state index contributed by atoms with van der Waals surface area (Å²) in [5, 5.41) is 12.9. The summed E-state index contributed by atoms with van der Waals surface area (Å²) in [5.74, 6) is -0.142. The average molecular weight is 503 g/mol. The number of amides is 1. The van der Waals surface area contributed by atoms with Gasteiger partial charge in [-0.05, 0) is 36.8 Å². The van der Waals surface area contributed by atoms with E-state index in [1.54, 1.807) is 27.8 Å². The molecule has 1 amide bonds. The first kappa shape index (κ1) is 22.8. The molecule has 0 saturated heterocycles. The van der Waals surface area contributed by atoms with Gasteiger partial charge in [-0.25, -0.2) is 14.3 Å². The van der Waals surface area contributed by atoms with Crippen molar-refractivity contribution in [1.82, 2.24) is 24.5 Å². The van der Waals surface area contributed by atoms with E-state index in [4.69, 9.17) is 28.3 Å². The fraction of sp³-hybridized carbons (Fsp3) is 0.0769. The third kappa shape index (κ3) is 4.82. The molecule has 0 fully saturated rings. The van der Waals surface area contributed by atoms with E-state index in [0.717, 1.165) is 16.8 Å². The van der Waals surface area contributed by atoms with Crippen molar-refractivity contribution in [3.8, 4) is 16.9 Å². The van der Waals surface area contributed by atoms with Crippen molar-refractivity contribution in [2.24, 2.45) is 0 Å². The minimum absolute atomic E-state index is 0.195. The van der Waals surface area contributed by atoms with Gasteiger partial charge in [0, 0.05) is 5.56 Å². The number of halogens is 2. The van der Waals surface area contributed by atoms with Gasteiger partial charge in [0.05, 0.1) is 33.5 Å². The van der Waals surface area contributed by atoms with E-state index in [1.807, 2.05) is 73.7 Å². The molecule has 1 N–H and O–H groups in total. The summed E-state index contributed by atoms with van der Waals surface area (Å²) in [4.78, 5) is 17.7. The quantitative estimate of drug-likeness (QED) is 0.306. The first-order valence-corrected chi connectivity index (χ1v) is 11.6. The van der Waals surface area contributed by atoms with Gasteiger partial charge >= 0.3 is 0 Å². The smallest absolute Gasteiger partial charge is 0.262 e. The van der Waals surface area contributed by atoms with Crippen molar-refractivity contribution in [2.45, 2.75) is 13.5 Å². The normalized spacial score (nSPS) is 10.9. The number of carbonyl (C=O) groups is 1. The van der Waals surface area contributed by atoms with Crippen LogP contribution in [0.3, 0.4) is 0 Å². The van der Waals surface area contributed by atoms with E-state index in [0.29, 0.717) is 33.5 Å². The second kappa shape index (κ2) is 9.74. The lowest BCUT2D eigenvalue weighted by Gasteiger charge is -2.05. The first-order valence-electron chi connectivity index (χ1n) is 10.8. The predicted octanol–water partition coefficient (Wildman–Crippen LogP) is 6.05. The molecule has 2 aromatic heterocycles. The molecule has 174 valence electrons. The fourth-order valence-electron chi connectivity index (χ4n) is 3.81. The summed E-state index contributed by atoms with van der Waals surface area (Å²) >= 11 is 12.1. The highest BCUT2D eigenvalue weighted by molar-refractivity contribution is 6.42. The van der Waals surface area contributed by atoms with E-state index < -0.39 is 0 Å². The summed E-state index contributed by atoms with van der Waals surface area (Å²) in [7, 11) is 0. The minimum Gasteiger partial charge on any atom is -0.289 e. The molecule has 0 bridgehead atoms. The maximum Gasteiger partial charge on any atom is 0.262 e. The van der Waals surface area contributed by atoms with Gasteiger partial charge < -0.3 is 0 Å². The van der Waals surface area contributed by atoms with Gasteiger partial charge in [0.2, 0.25) is 5.95 Å². The van der Waals surface area contributed by atoms with Gasteiger partial charge in [-0.2, -0.15) is 5.10 Å². The Balaban J connectivity index is 1.44. The Bertz CT molecular complexity index is 1500. The summed E-state index contributed by atoms with van der Waals surface area (Å²) in [6.07, 6.45) is 1.55. The van der Waals surface area contributed by atoms with Gasteiger partial charge in [-0.15, -0.1) is 5.10 Å². The highest BCUT2D eigenvalue weighted by atomic mass is 35.5. The van der Waals surface area contributed by atoms with Crippen LogP contribution in [0.1, 0.15) is 21.6 Å². The fourth-order valence-corrected chi connectivity index (χ4v) is 4.13. The molecule has 0 saturated carbocycles. The maximum absolute atomic E-state index is 13.4. The molecule has 9 heteroatoms. The van der Waals surface area contributed by atoms with E-state index in [9.17, 15) is 4.79 Å². The second-order valence-corrected chi connectivity index (χ2v) is 8.71. The molecule has 0 spiro atoms. The van der Waals surface area contributed by atoms with E-state index in [2.05, 4.69) is 15.4 Å². The number of benzene rings is 3. The lowest BCUT2D eigenvalue weighted by molar-refractivity contribution is 0.102. The molecule has 7 nitrogen and oxygen atoms in total. The molecule has 0 unspecified atom stereocenters. The number of hydrogen-bond acceptors (Lipinski definition) is 4. The number of para-hydroxylation sites is 1. The Kier molecular flexibility index (Phi) is 6.35. The Hall–Kier alpha value is -3.94. The van der Waals surface area contributed by atoms with Crippen molar-refractivity contribution >= 4 is 35.1 Å². The zero-order valence-corrected chi connectivity index (χ0v) is 20.2. The van der Waals surface area contributed by atoms with Crippen LogP contribution in [0.4, 0.5) is 5.95 Å². The van der Waals surface area contributed by atoms with Crippen molar-refractivity contribution in [3.05, 3.63) is 112 Å². The standard InChI is InChI=1S/C26H20Cl2N6O/c1-17-23(24(19-8-4-2-5-9-19)31-34(17)20-10-6-3-7-11-20)25(35)30-26-29-16-33(32-26)15-18-12-13-21(27)22(28)14-18/h2-14,16H,15H2,1H3,(H,30,32,35). The molecule has 0 atom stereocenters. The van der Waals surface area contributed by atoms with Crippen LogP contribution in [0.25, 0.3) is 16.9 Å². The Morgan fingerprint density at radius 1 is 0.914 bits per heavy atom. The average Bonchev–Trinajstić information content (AvgIpc) is 3.46. The summed E-state index contributed by atoms with van der Waals surface area (Å²) in [5.41, 5.74) is 4.37. The zero-order valence-electron chi connectivity index (χ0n) is 18.7. The molecular formula is C26H20Cl2N6O. The van der Waals surface area contributed by atoms with Gasteiger partial charge in [0.1, 0.15) is 12.0 Å². The molecule has 0 radical (unpaired) electrons. The van der Waals surface area contributed by atoms with E-state index in [1.165, 1.54) is 0 Å². The lowest BCUT2D eigenvalue weighted by Crippen LogP contribution is -2.15. The van der Waals surface area contributed by atoms with Crippen LogP contribution in [0.2, 0.25) is 10.0 Å². The number of nitrogens with one attached hydrogen (secondary N) is 1. The lowest BCUT2D eigenvalue weighted by atomic mass is 10.1. The monoisotopic (exact) mass is 502 g/mol. The molecule has 5 rings (SSSR count). The summed E-state index contributed by atoms with van der Waals surface area (Å²) < 4.78 is 3.39. The minimum atomic E-state index is -0.337. The largest absolute Gasteiger partial charge is 0.289 e. The number of hydrogen-bond donors (Lipinski definition) is 1. The first-order chi connectivity index (χ1) is 17.0. The molecule has 35 heavy (non-hydrogen) atoms. The second-order valence-electron chi connectivity index (χ2n) is 7.89. The molecule has 0 aliphatic heterocycles. The number of anilines is 1. The number of carbonyl (C=O) groups excluding carboxylic acids is 1. The summed E-state index contributed by atoms with van der Waals surface area (Å²) in [6.45, 7) is 2.30. The zero-order chi connectivity index (χ0) is 24.4. The number of rotatable bonds is 6. The molecule has 0 aliphatic rings. The van der Waals surface area contributed by atoms with Crippen LogP contribution in [0.5, 0.6) is 0 Å². The number of aromatic nitrogens is 5. The van der Waals surface area contributed by atoms with Gasteiger partial charge in [-0.1, -0.05) is 77.8 Å². The van der Waals surface area contributed by atoms with E-state index in [-0.39, 0.29) is 11.9 Å². The SMILES string of the molecule is Cc1c(C(=O)Nc2ncn(Cc3ccc(Cl)c(Cl)c3)n2)c(-c2ccccc2)nn1-c1ccccc1. The Labute approximate surface area is 212 Å². The van der Waals surface area contributed by atoms with Crippen LogP contribution in [0.15, 0.2) is 85.2 Å². The predicted molar refractivity (Wildman–Crippen MR) is 137 cm³/mol. The van der Waals surface area contributed by atoms with Gasteiger partial charge in [0.25, 0.3) is 5.91 Å². The molecular weight excluding hydrogens is 483 g/mol. The highest BCUT2D eigenvalue weighted by Gasteiger charge is 2.24. The molecule has 0 aliphatic carbocycles. The summed E-state index contributed by atoms with van der Waals surface area (Å²) in [6, 6.07) is 24.7. The van der Waals surface area contributed by atoms with Crippen LogP contribution in [0, 0.1) is 6.92 Å². The number of nitrogens with zero attached hydrogens (tertiary/aromatic N) is 5. The van der Waals surface area contributed by atoms with Crippen LogP contribution in [-0.2, 0) is 6.54 Å². The third-order valence-corrected chi connectivity index (χ3v) is 6.22. The molecule has 3 aromatic carbocycles. The topological polar surface area (TPSA) is 77.6 Å². The van der Waals surface area contributed by atoms with Crippen molar-refractivity contribution in [3.63, 3.8) is 0 Å². The Morgan fingerprint density at radius 3 is 2.34 bits per heavy atom. The van der Waals surface area contributed by atoms with E-state index >= 15 is 0 Å². The van der Waals surface area contributed by atoms with Crippen LogP contribution < -0.4 is 5.32 Å². The molecule has 2 heterocycles. The third-order valence-electron chi connectivity index (χ3n) is 5.48. The van der Waals surface area contributed by atoms with Gasteiger partial charge in [-0.3, -0.25) is 10.1 Å². The van der Waals surface area contributed by atoms with Crippen molar-refractivity contribution in [1.29, 1.82) is 0 Å². The van der Waals surface area contributed by atoms with Crippen molar-refractivity contribution < 1.29 is 4.79 Å².